The summed E-state index contributed by atoms with van der Waals surface area (Å²) in [5, 5.41) is 5.25. The number of nitrogens with zero attached hydrogens (tertiary/aromatic N) is 2. The first kappa shape index (κ1) is 20.5. The third-order valence-electron chi connectivity index (χ3n) is 6.41. The van der Waals surface area contributed by atoms with Crippen LogP contribution < -0.4 is 5.32 Å². The minimum atomic E-state index is -0.0186. The number of amides is 1. The summed E-state index contributed by atoms with van der Waals surface area (Å²) in [6.45, 7) is 6.78. The molecule has 1 amide bonds. The minimum Gasteiger partial charge on any atom is -0.375 e. The zero-order chi connectivity index (χ0) is 20.1. The summed E-state index contributed by atoms with van der Waals surface area (Å²) in [5.41, 5.74) is 2.47. The molecule has 2 aliphatic rings. The molecule has 2 aliphatic heterocycles. The van der Waals surface area contributed by atoms with Gasteiger partial charge in [-0.15, -0.1) is 11.3 Å². The van der Waals surface area contributed by atoms with Crippen LogP contribution in [0.15, 0.2) is 36.0 Å². The van der Waals surface area contributed by atoms with Gasteiger partial charge < -0.3 is 10.1 Å². The van der Waals surface area contributed by atoms with E-state index in [0.717, 1.165) is 57.5 Å². The predicted molar refractivity (Wildman–Crippen MR) is 116 cm³/mol. The van der Waals surface area contributed by atoms with Gasteiger partial charge in [0, 0.05) is 56.5 Å². The second-order valence-electron chi connectivity index (χ2n) is 8.53. The Labute approximate surface area is 177 Å². The minimum absolute atomic E-state index is 0.0186. The van der Waals surface area contributed by atoms with Crippen molar-refractivity contribution in [3.8, 4) is 0 Å². The smallest absolute Gasteiger partial charge is 0.220 e. The third kappa shape index (κ3) is 5.44. The standard InChI is InChI=1S/C23H31N3O2S/c1-18-5-13-29-21(18)17-26-10-6-23(7-11-26)15-20(4-12-28-23)14-22(27)25-16-19-2-8-24-9-3-19/h2-3,5,8-9,13,20H,4,6-7,10-12,14-17H2,1H3,(H,25,27). The fourth-order valence-electron chi connectivity index (χ4n) is 4.58. The van der Waals surface area contributed by atoms with E-state index in [1.807, 2.05) is 23.5 Å². The van der Waals surface area contributed by atoms with Crippen molar-refractivity contribution < 1.29 is 9.53 Å². The van der Waals surface area contributed by atoms with Gasteiger partial charge in [-0.1, -0.05) is 0 Å². The van der Waals surface area contributed by atoms with Crippen LogP contribution in [0, 0.1) is 12.8 Å². The molecule has 29 heavy (non-hydrogen) atoms. The van der Waals surface area contributed by atoms with Crippen molar-refractivity contribution in [2.45, 2.75) is 57.7 Å². The Morgan fingerprint density at radius 1 is 1.31 bits per heavy atom. The molecule has 5 nitrogen and oxygen atoms in total. The van der Waals surface area contributed by atoms with Crippen LogP contribution in [0.2, 0.25) is 0 Å². The van der Waals surface area contributed by atoms with E-state index in [4.69, 9.17) is 4.74 Å². The molecule has 1 atom stereocenters. The molecule has 0 radical (unpaired) electrons. The maximum Gasteiger partial charge on any atom is 0.220 e. The summed E-state index contributed by atoms with van der Waals surface area (Å²) in [7, 11) is 0. The molecule has 2 aromatic rings. The van der Waals surface area contributed by atoms with Crippen LogP contribution >= 0.6 is 11.3 Å². The number of hydrogen-bond acceptors (Lipinski definition) is 5. The first-order chi connectivity index (χ1) is 14.1. The molecule has 0 aromatic carbocycles. The van der Waals surface area contributed by atoms with Crippen molar-refractivity contribution in [3.63, 3.8) is 0 Å². The third-order valence-corrected chi connectivity index (χ3v) is 7.42. The molecule has 1 N–H and O–H groups in total. The summed E-state index contributed by atoms with van der Waals surface area (Å²) < 4.78 is 6.29. The summed E-state index contributed by atoms with van der Waals surface area (Å²) in [4.78, 5) is 20.5. The molecule has 1 spiro atoms. The van der Waals surface area contributed by atoms with E-state index in [2.05, 4.69) is 33.6 Å². The predicted octanol–water partition coefficient (Wildman–Crippen LogP) is 3.92. The lowest BCUT2D eigenvalue weighted by atomic mass is 9.78. The van der Waals surface area contributed by atoms with Crippen molar-refractivity contribution in [2.24, 2.45) is 5.92 Å². The molecule has 0 saturated carbocycles. The van der Waals surface area contributed by atoms with E-state index < -0.39 is 0 Å². The number of nitrogens with one attached hydrogen (secondary N) is 1. The Morgan fingerprint density at radius 3 is 2.83 bits per heavy atom. The number of piperidine rings is 1. The zero-order valence-electron chi connectivity index (χ0n) is 17.2. The highest BCUT2D eigenvalue weighted by Gasteiger charge is 2.40. The van der Waals surface area contributed by atoms with Crippen molar-refractivity contribution >= 4 is 17.2 Å². The molecule has 4 rings (SSSR count). The summed E-state index contributed by atoms with van der Waals surface area (Å²) in [5.74, 6) is 0.571. The molecule has 1 unspecified atom stereocenters. The summed E-state index contributed by atoms with van der Waals surface area (Å²) in [6, 6.07) is 6.09. The van der Waals surface area contributed by atoms with Crippen LogP contribution in [-0.4, -0.2) is 41.1 Å². The average molecular weight is 414 g/mol. The van der Waals surface area contributed by atoms with E-state index in [1.54, 1.807) is 12.4 Å². The van der Waals surface area contributed by atoms with Crippen molar-refractivity contribution in [3.05, 3.63) is 52.0 Å². The van der Waals surface area contributed by atoms with Gasteiger partial charge >= 0.3 is 0 Å². The number of hydrogen-bond donors (Lipinski definition) is 1. The van der Waals surface area contributed by atoms with Gasteiger partial charge in [-0.05, 0) is 73.2 Å². The Hall–Kier alpha value is -1.76. The lowest BCUT2D eigenvalue weighted by Gasteiger charge is -2.46. The topological polar surface area (TPSA) is 54.5 Å². The largest absolute Gasteiger partial charge is 0.375 e. The second kappa shape index (κ2) is 9.37. The number of rotatable bonds is 6. The molecular formula is C23H31N3O2S. The van der Waals surface area contributed by atoms with Gasteiger partial charge in [-0.3, -0.25) is 14.7 Å². The Bertz CT molecular complexity index is 799. The maximum absolute atomic E-state index is 12.4. The van der Waals surface area contributed by atoms with E-state index in [-0.39, 0.29) is 11.5 Å². The highest BCUT2D eigenvalue weighted by molar-refractivity contribution is 7.10. The van der Waals surface area contributed by atoms with Gasteiger partial charge in [0.2, 0.25) is 5.91 Å². The molecule has 2 saturated heterocycles. The monoisotopic (exact) mass is 413 g/mol. The van der Waals surface area contributed by atoms with E-state index >= 15 is 0 Å². The lowest BCUT2D eigenvalue weighted by Crippen LogP contribution is -2.49. The van der Waals surface area contributed by atoms with Crippen molar-refractivity contribution in [2.75, 3.05) is 19.7 Å². The van der Waals surface area contributed by atoms with E-state index in [9.17, 15) is 4.79 Å². The normalized spacial score (nSPS) is 21.9. The van der Waals surface area contributed by atoms with Crippen LogP contribution in [0.4, 0.5) is 0 Å². The van der Waals surface area contributed by atoms with Crippen LogP contribution in [0.5, 0.6) is 0 Å². The number of likely N-dealkylation sites (tertiary alicyclic amines) is 1. The molecule has 4 heterocycles. The number of pyridine rings is 1. The van der Waals surface area contributed by atoms with Crippen molar-refractivity contribution in [1.82, 2.24) is 15.2 Å². The Morgan fingerprint density at radius 2 is 2.10 bits per heavy atom. The number of aryl methyl sites for hydroxylation is 1. The second-order valence-corrected chi connectivity index (χ2v) is 9.53. The van der Waals surface area contributed by atoms with Gasteiger partial charge in [-0.2, -0.15) is 0 Å². The van der Waals surface area contributed by atoms with Crippen LogP contribution in [-0.2, 0) is 22.6 Å². The van der Waals surface area contributed by atoms with Gasteiger partial charge in [0.25, 0.3) is 0 Å². The zero-order valence-corrected chi connectivity index (χ0v) is 18.0. The number of thiophene rings is 1. The molecule has 0 aliphatic carbocycles. The maximum atomic E-state index is 12.4. The highest BCUT2D eigenvalue weighted by Crippen LogP contribution is 2.39. The molecular weight excluding hydrogens is 382 g/mol. The highest BCUT2D eigenvalue weighted by atomic mass is 32.1. The van der Waals surface area contributed by atoms with Crippen LogP contribution in [0.3, 0.4) is 0 Å². The number of carbonyl (C=O) groups excluding carboxylic acids is 1. The molecule has 0 bridgehead atoms. The number of aromatic nitrogens is 1. The molecule has 156 valence electrons. The number of carbonyl (C=O) groups is 1. The Kier molecular flexibility index (Phi) is 6.63. The summed E-state index contributed by atoms with van der Waals surface area (Å²) in [6.07, 6.45) is 8.28. The molecule has 2 fully saturated rings. The fraction of sp³-hybridized carbons (Fsp3) is 0.565. The van der Waals surface area contributed by atoms with Crippen LogP contribution in [0.25, 0.3) is 0 Å². The van der Waals surface area contributed by atoms with E-state index in [1.165, 1.54) is 10.4 Å². The summed E-state index contributed by atoms with van der Waals surface area (Å²) >= 11 is 1.86. The van der Waals surface area contributed by atoms with Gasteiger partial charge in [0.15, 0.2) is 0 Å². The Balaban J connectivity index is 1.24. The quantitative estimate of drug-likeness (QED) is 0.780. The van der Waals surface area contributed by atoms with Gasteiger partial charge in [0.05, 0.1) is 5.60 Å². The van der Waals surface area contributed by atoms with Crippen LogP contribution in [0.1, 0.15) is 48.1 Å². The van der Waals surface area contributed by atoms with E-state index in [0.29, 0.717) is 18.9 Å². The lowest BCUT2D eigenvalue weighted by molar-refractivity contribution is -0.136. The molecule has 6 heteroatoms. The first-order valence-corrected chi connectivity index (χ1v) is 11.5. The average Bonchev–Trinajstić information content (AvgIpc) is 3.14. The first-order valence-electron chi connectivity index (χ1n) is 10.7. The number of ether oxygens (including phenoxy) is 1. The molecule has 2 aromatic heterocycles. The van der Waals surface area contributed by atoms with Crippen molar-refractivity contribution in [1.29, 1.82) is 0 Å². The van der Waals surface area contributed by atoms with Gasteiger partial charge in [-0.25, -0.2) is 0 Å². The fourth-order valence-corrected chi connectivity index (χ4v) is 5.52. The van der Waals surface area contributed by atoms with Gasteiger partial charge in [0.1, 0.15) is 0 Å². The SMILES string of the molecule is Cc1ccsc1CN1CCC2(CC1)CC(CC(=O)NCc1ccncc1)CCO2.